The number of nitrogens with one attached hydrogen (secondary N) is 2. The van der Waals surface area contributed by atoms with Crippen LogP contribution < -0.4 is 10.9 Å². The van der Waals surface area contributed by atoms with Crippen LogP contribution in [-0.2, 0) is 9.53 Å². The third kappa shape index (κ3) is 3.57. The van der Waals surface area contributed by atoms with E-state index in [0.717, 1.165) is 23.5 Å². The van der Waals surface area contributed by atoms with Crippen LogP contribution >= 0.6 is 23.1 Å². The maximum absolute atomic E-state index is 12.9. The first kappa shape index (κ1) is 18.7. The highest BCUT2D eigenvalue weighted by Gasteiger charge is 2.36. The van der Waals surface area contributed by atoms with Gasteiger partial charge in [0.15, 0.2) is 5.16 Å². The molecule has 0 saturated heterocycles. The predicted molar refractivity (Wildman–Crippen MR) is 105 cm³/mol. The number of carbonyl (C=O) groups is 1. The van der Waals surface area contributed by atoms with Gasteiger partial charge >= 0.3 is 5.97 Å². The molecule has 8 heteroatoms. The van der Waals surface area contributed by atoms with Crippen molar-refractivity contribution in [2.24, 2.45) is 0 Å². The van der Waals surface area contributed by atoms with Gasteiger partial charge in [-0.1, -0.05) is 31.2 Å². The van der Waals surface area contributed by atoms with E-state index in [1.807, 2.05) is 24.4 Å². The fourth-order valence-corrected chi connectivity index (χ4v) is 4.72. The summed E-state index contributed by atoms with van der Waals surface area (Å²) in [4.78, 5) is 33.6. The Morgan fingerprint density at radius 2 is 2.27 bits per heavy atom. The molecule has 0 radical (unpaired) electrons. The number of anilines is 1. The lowest BCUT2D eigenvalue weighted by Crippen LogP contribution is -2.30. The number of thiophene rings is 1. The van der Waals surface area contributed by atoms with Gasteiger partial charge in [0.1, 0.15) is 5.82 Å². The van der Waals surface area contributed by atoms with Gasteiger partial charge < -0.3 is 15.0 Å². The molecule has 0 saturated carbocycles. The molecule has 0 aliphatic carbocycles. The number of methoxy groups -OCH3 is 1. The highest BCUT2D eigenvalue weighted by atomic mass is 32.2. The zero-order valence-electron chi connectivity index (χ0n) is 14.9. The minimum atomic E-state index is -0.482. The minimum absolute atomic E-state index is 0.228. The van der Waals surface area contributed by atoms with Crippen molar-refractivity contribution in [3.63, 3.8) is 0 Å². The average molecular weight is 392 g/mol. The van der Waals surface area contributed by atoms with E-state index in [1.165, 1.54) is 30.2 Å². The Bertz CT molecular complexity index is 888. The van der Waals surface area contributed by atoms with Crippen molar-refractivity contribution in [1.29, 1.82) is 0 Å². The molecule has 3 rings (SSSR count). The van der Waals surface area contributed by atoms with Gasteiger partial charge in [-0.25, -0.2) is 9.78 Å². The largest absolute Gasteiger partial charge is 0.466 e. The molecule has 6 nitrogen and oxygen atoms in total. The number of hydrogen-bond acceptors (Lipinski definition) is 7. The SMILES string of the molecule is CCCCSc1nc2c(c(=O)[nH]1)C(c1cccs1)C(C(=O)OC)=C(C)N2. The number of unbranched alkanes of at least 4 members (excludes halogenated alkanes) is 1. The Morgan fingerprint density at radius 1 is 1.46 bits per heavy atom. The number of allylic oxidation sites excluding steroid dienone is 1. The lowest BCUT2D eigenvalue weighted by Gasteiger charge is -2.27. The Labute approximate surface area is 160 Å². The molecule has 0 amide bonds. The van der Waals surface area contributed by atoms with E-state index in [2.05, 4.69) is 22.2 Å². The number of esters is 1. The summed E-state index contributed by atoms with van der Waals surface area (Å²) in [5.74, 6) is 0.482. The first-order chi connectivity index (χ1) is 12.6. The highest BCUT2D eigenvalue weighted by molar-refractivity contribution is 7.99. The number of aromatic nitrogens is 2. The van der Waals surface area contributed by atoms with E-state index in [0.29, 0.717) is 27.8 Å². The minimum Gasteiger partial charge on any atom is -0.466 e. The second-order valence-electron chi connectivity index (χ2n) is 5.94. The lowest BCUT2D eigenvalue weighted by atomic mass is 9.86. The number of H-pyrrole nitrogens is 1. The molecule has 1 atom stereocenters. The number of hydrogen-bond donors (Lipinski definition) is 2. The summed E-state index contributed by atoms with van der Waals surface area (Å²) in [5, 5.41) is 5.65. The van der Waals surface area contributed by atoms with Crippen LogP contribution in [0.4, 0.5) is 5.82 Å². The standard InChI is InChI=1S/C18H21N3O3S2/c1-4-5-8-26-18-20-15-14(16(22)21-18)13(11-7-6-9-25-11)12(10(2)19-15)17(23)24-3/h6-7,9,13H,4-5,8H2,1-3H3,(H2,19,20,21,22). The number of fused-ring (bicyclic) bond motifs is 1. The first-order valence-corrected chi connectivity index (χ1v) is 10.3. The molecule has 138 valence electrons. The fraction of sp³-hybridized carbons (Fsp3) is 0.389. The first-order valence-electron chi connectivity index (χ1n) is 8.43. The molecule has 0 bridgehead atoms. The zero-order chi connectivity index (χ0) is 18.7. The van der Waals surface area contributed by atoms with Crippen LogP contribution in [0.1, 0.15) is 43.0 Å². The van der Waals surface area contributed by atoms with E-state index in [9.17, 15) is 9.59 Å². The molecule has 3 heterocycles. The number of thioether (sulfide) groups is 1. The van der Waals surface area contributed by atoms with Crippen LogP contribution in [-0.4, -0.2) is 28.8 Å². The van der Waals surface area contributed by atoms with Crippen LogP contribution in [0.5, 0.6) is 0 Å². The fourth-order valence-electron chi connectivity index (χ4n) is 2.93. The molecule has 2 aromatic rings. The predicted octanol–water partition coefficient (Wildman–Crippen LogP) is 3.73. The number of aromatic amines is 1. The molecular formula is C18H21N3O3S2. The molecule has 1 unspecified atom stereocenters. The van der Waals surface area contributed by atoms with Crippen LogP contribution in [0.15, 0.2) is 38.7 Å². The van der Waals surface area contributed by atoms with Crippen molar-refractivity contribution in [2.45, 2.75) is 37.8 Å². The molecule has 0 spiro atoms. The Hall–Kier alpha value is -2.06. The smallest absolute Gasteiger partial charge is 0.336 e. The molecule has 1 aliphatic rings. The Balaban J connectivity index is 2.10. The average Bonchev–Trinajstić information content (AvgIpc) is 3.14. The van der Waals surface area contributed by atoms with Crippen LogP contribution in [0.2, 0.25) is 0 Å². The third-order valence-electron chi connectivity index (χ3n) is 4.19. The van der Waals surface area contributed by atoms with Gasteiger partial charge in [0, 0.05) is 16.3 Å². The maximum Gasteiger partial charge on any atom is 0.336 e. The Morgan fingerprint density at radius 3 is 2.92 bits per heavy atom. The number of rotatable bonds is 6. The molecule has 1 aliphatic heterocycles. The molecule has 2 N–H and O–H groups in total. The van der Waals surface area contributed by atoms with Gasteiger partial charge in [-0.3, -0.25) is 4.79 Å². The van der Waals surface area contributed by atoms with E-state index in [1.54, 1.807) is 0 Å². The van der Waals surface area contributed by atoms with Gasteiger partial charge in [0.2, 0.25) is 0 Å². The topological polar surface area (TPSA) is 84.1 Å². The van der Waals surface area contributed by atoms with E-state index in [4.69, 9.17) is 4.74 Å². The number of nitrogens with zero attached hydrogens (tertiary/aromatic N) is 1. The third-order valence-corrected chi connectivity index (χ3v) is 6.09. The second kappa shape index (κ2) is 8.09. The van der Waals surface area contributed by atoms with Gasteiger partial charge in [-0.2, -0.15) is 0 Å². The monoisotopic (exact) mass is 391 g/mol. The summed E-state index contributed by atoms with van der Waals surface area (Å²) < 4.78 is 4.96. The summed E-state index contributed by atoms with van der Waals surface area (Å²) in [5.41, 5.74) is 1.33. The molecular weight excluding hydrogens is 370 g/mol. The second-order valence-corrected chi connectivity index (χ2v) is 8.00. The maximum atomic E-state index is 12.9. The van der Waals surface area contributed by atoms with Crippen molar-refractivity contribution >= 4 is 34.9 Å². The van der Waals surface area contributed by atoms with Gasteiger partial charge in [-0.15, -0.1) is 11.3 Å². The summed E-state index contributed by atoms with van der Waals surface area (Å²) in [7, 11) is 1.35. The molecule has 0 fully saturated rings. The molecule has 2 aromatic heterocycles. The van der Waals surface area contributed by atoms with Crippen molar-refractivity contribution < 1.29 is 9.53 Å². The van der Waals surface area contributed by atoms with E-state index >= 15 is 0 Å². The number of carbonyl (C=O) groups excluding carboxylic acids is 1. The lowest BCUT2D eigenvalue weighted by molar-refractivity contribution is -0.136. The summed E-state index contributed by atoms with van der Waals surface area (Å²) >= 11 is 3.03. The van der Waals surface area contributed by atoms with Crippen molar-refractivity contribution in [3.05, 3.63) is 49.6 Å². The highest BCUT2D eigenvalue weighted by Crippen LogP contribution is 2.41. The van der Waals surface area contributed by atoms with Crippen molar-refractivity contribution in [3.8, 4) is 0 Å². The normalized spacial score (nSPS) is 16.2. The van der Waals surface area contributed by atoms with Crippen LogP contribution in [0, 0.1) is 0 Å². The van der Waals surface area contributed by atoms with Gasteiger partial charge in [0.25, 0.3) is 5.56 Å². The number of ether oxygens (including phenoxy) is 1. The van der Waals surface area contributed by atoms with Crippen molar-refractivity contribution in [1.82, 2.24) is 9.97 Å². The van der Waals surface area contributed by atoms with E-state index in [-0.39, 0.29) is 5.56 Å². The summed E-state index contributed by atoms with van der Waals surface area (Å²) in [6.07, 6.45) is 2.15. The van der Waals surface area contributed by atoms with Crippen molar-refractivity contribution in [2.75, 3.05) is 18.2 Å². The van der Waals surface area contributed by atoms with E-state index < -0.39 is 11.9 Å². The quantitative estimate of drug-likeness (QED) is 0.338. The molecule has 0 aromatic carbocycles. The van der Waals surface area contributed by atoms with Crippen LogP contribution in [0.25, 0.3) is 0 Å². The van der Waals surface area contributed by atoms with Gasteiger partial charge in [0.05, 0.1) is 24.2 Å². The molecule has 26 heavy (non-hydrogen) atoms. The summed E-state index contributed by atoms with van der Waals surface area (Å²) in [6, 6.07) is 3.83. The zero-order valence-corrected chi connectivity index (χ0v) is 16.6. The van der Waals surface area contributed by atoms with Gasteiger partial charge in [-0.05, 0) is 24.8 Å². The Kier molecular flexibility index (Phi) is 5.83. The van der Waals surface area contributed by atoms with Crippen LogP contribution in [0.3, 0.4) is 0 Å². The summed E-state index contributed by atoms with van der Waals surface area (Å²) in [6.45, 7) is 3.93.